The van der Waals surface area contributed by atoms with E-state index in [1.807, 2.05) is 0 Å². The third-order valence-electron chi connectivity index (χ3n) is 2.99. The Morgan fingerprint density at radius 1 is 1.15 bits per heavy atom. The third-order valence-corrected chi connectivity index (χ3v) is 2.99. The largest absolute Gasteiger partial charge is 0.493 e. The van der Waals surface area contributed by atoms with Crippen LogP contribution in [0, 0.1) is 0 Å². The van der Waals surface area contributed by atoms with Crippen LogP contribution < -0.4 is 10.1 Å². The smallest absolute Gasteiger partial charge is 0.419 e. The number of alkyl halides is 3. The average Bonchev–Trinajstić information content (AvgIpc) is 2.39. The molecule has 2 nitrogen and oxygen atoms in total. The number of rotatable bonds is 8. The molecule has 0 amide bonds. The number of hydrogen-bond acceptors (Lipinski definition) is 2. The Labute approximate surface area is 118 Å². The summed E-state index contributed by atoms with van der Waals surface area (Å²) in [6, 6.07) is 4.22. The van der Waals surface area contributed by atoms with Crippen LogP contribution >= 0.6 is 0 Å². The monoisotopic (exact) mass is 289 g/mol. The Hall–Kier alpha value is -1.23. The fourth-order valence-corrected chi connectivity index (χ4v) is 1.95. The van der Waals surface area contributed by atoms with Crippen LogP contribution in [-0.4, -0.2) is 13.7 Å². The van der Waals surface area contributed by atoms with Gasteiger partial charge in [-0.15, -0.1) is 0 Å². The van der Waals surface area contributed by atoms with Crippen LogP contribution in [0.15, 0.2) is 18.2 Å². The minimum Gasteiger partial charge on any atom is -0.493 e. The zero-order chi connectivity index (χ0) is 15.0. The van der Waals surface area contributed by atoms with E-state index < -0.39 is 11.7 Å². The summed E-state index contributed by atoms with van der Waals surface area (Å²) < 4.78 is 44.3. The molecule has 0 saturated carbocycles. The van der Waals surface area contributed by atoms with Crippen molar-refractivity contribution in [2.45, 2.75) is 45.3 Å². The van der Waals surface area contributed by atoms with Crippen molar-refractivity contribution in [3.8, 4) is 5.75 Å². The number of hydrogen-bond donors (Lipinski definition) is 1. The molecule has 0 aliphatic carbocycles. The highest BCUT2D eigenvalue weighted by molar-refractivity contribution is 5.39. The molecule has 0 fully saturated rings. The molecule has 1 rings (SSSR count). The molecule has 0 bridgehead atoms. The molecule has 0 radical (unpaired) electrons. The van der Waals surface area contributed by atoms with E-state index in [0.717, 1.165) is 31.7 Å². The van der Waals surface area contributed by atoms with E-state index in [0.29, 0.717) is 18.7 Å². The number of ether oxygens (including phenoxy) is 1. The van der Waals surface area contributed by atoms with E-state index in [1.54, 1.807) is 13.1 Å². The van der Waals surface area contributed by atoms with E-state index in [-0.39, 0.29) is 5.75 Å². The summed E-state index contributed by atoms with van der Waals surface area (Å²) in [5.74, 6) is -0.0751. The molecule has 0 heterocycles. The van der Waals surface area contributed by atoms with Gasteiger partial charge in [-0.3, -0.25) is 0 Å². The van der Waals surface area contributed by atoms with Gasteiger partial charge in [-0.25, -0.2) is 0 Å². The molecule has 20 heavy (non-hydrogen) atoms. The van der Waals surface area contributed by atoms with Crippen molar-refractivity contribution in [3.05, 3.63) is 29.3 Å². The summed E-state index contributed by atoms with van der Waals surface area (Å²) in [6.45, 7) is 2.82. The fourth-order valence-electron chi connectivity index (χ4n) is 1.95. The summed E-state index contributed by atoms with van der Waals surface area (Å²) >= 11 is 0. The Morgan fingerprint density at radius 3 is 2.50 bits per heavy atom. The van der Waals surface area contributed by atoms with Gasteiger partial charge in [0.15, 0.2) is 0 Å². The van der Waals surface area contributed by atoms with E-state index in [9.17, 15) is 13.2 Å². The van der Waals surface area contributed by atoms with Crippen LogP contribution in [0.3, 0.4) is 0 Å². The molecule has 0 saturated heterocycles. The fraction of sp³-hybridized carbons (Fsp3) is 0.600. The molecular formula is C15H22F3NO. The second-order valence-electron chi connectivity index (χ2n) is 4.77. The number of benzene rings is 1. The topological polar surface area (TPSA) is 21.3 Å². The second kappa shape index (κ2) is 8.15. The molecule has 0 aliphatic heterocycles. The van der Waals surface area contributed by atoms with Crippen molar-refractivity contribution in [2.75, 3.05) is 13.7 Å². The van der Waals surface area contributed by atoms with Crippen LogP contribution in [0.4, 0.5) is 13.2 Å². The predicted octanol–water partition coefficient (Wildman–Crippen LogP) is 4.38. The molecule has 1 aromatic carbocycles. The standard InChI is InChI=1S/C15H22F3NO/c1-3-4-5-6-9-20-14-8-7-12(11-19-2)10-13(14)15(16,17)18/h7-8,10,19H,3-6,9,11H2,1-2H3. The maximum atomic E-state index is 13.0. The first kappa shape index (κ1) is 16.8. The molecule has 114 valence electrons. The van der Waals surface area contributed by atoms with Gasteiger partial charge in [0.05, 0.1) is 12.2 Å². The third kappa shape index (κ3) is 5.41. The zero-order valence-electron chi connectivity index (χ0n) is 12.0. The summed E-state index contributed by atoms with van der Waals surface area (Å²) in [6.07, 6.45) is -0.454. The van der Waals surface area contributed by atoms with E-state index in [4.69, 9.17) is 4.74 Å². The Morgan fingerprint density at radius 2 is 1.90 bits per heavy atom. The summed E-state index contributed by atoms with van der Waals surface area (Å²) in [7, 11) is 1.70. The van der Waals surface area contributed by atoms with Crippen molar-refractivity contribution < 1.29 is 17.9 Å². The van der Waals surface area contributed by atoms with Crippen LogP contribution in [0.1, 0.15) is 43.7 Å². The summed E-state index contributed by atoms with van der Waals surface area (Å²) in [4.78, 5) is 0. The molecule has 1 aromatic rings. The normalized spacial score (nSPS) is 11.7. The predicted molar refractivity (Wildman–Crippen MR) is 73.8 cm³/mol. The molecule has 0 unspecified atom stereocenters. The first-order chi connectivity index (χ1) is 9.49. The lowest BCUT2D eigenvalue weighted by Gasteiger charge is -2.15. The van der Waals surface area contributed by atoms with Crippen LogP contribution in [0.2, 0.25) is 0 Å². The molecule has 1 N–H and O–H groups in total. The lowest BCUT2D eigenvalue weighted by molar-refractivity contribution is -0.139. The van der Waals surface area contributed by atoms with Crippen LogP contribution in [0.5, 0.6) is 5.75 Å². The lowest BCUT2D eigenvalue weighted by Crippen LogP contribution is -2.12. The van der Waals surface area contributed by atoms with Crippen molar-refractivity contribution in [2.24, 2.45) is 0 Å². The van der Waals surface area contributed by atoms with Gasteiger partial charge in [0.2, 0.25) is 0 Å². The molecule has 0 spiro atoms. The quantitative estimate of drug-likeness (QED) is 0.717. The first-order valence-electron chi connectivity index (χ1n) is 6.96. The molecule has 0 aliphatic rings. The van der Waals surface area contributed by atoms with Gasteiger partial charge in [-0.1, -0.05) is 32.3 Å². The van der Waals surface area contributed by atoms with Crippen molar-refractivity contribution in [1.29, 1.82) is 0 Å². The van der Waals surface area contributed by atoms with E-state index >= 15 is 0 Å². The van der Waals surface area contributed by atoms with Crippen molar-refractivity contribution in [3.63, 3.8) is 0 Å². The molecule has 0 atom stereocenters. The lowest BCUT2D eigenvalue weighted by atomic mass is 10.1. The van der Waals surface area contributed by atoms with Gasteiger partial charge in [0, 0.05) is 6.54 Å². The second-order valence-corrected chi connectivity index (χ2v) is 4.77. The minimum atomic E-state index is -4.39. The highest BCUT2D eigenvalue weighted by Gasteiger charge is 2.34. The van der Waals surface area contributed by atoms with Crippen LogP contribution in [-0.2, 0) is 12.7 Å². The van der Waals surface area contributed by atoms with Gasteiger partial charge >= 0.3 is 6.18 Å². The SMILES string of the molecule is CCCCCCOc1ccc(CNC)cc1C(F)(F)F. The van der Waals surface area contributed by atoms with Gasteiger partial charge in [0.25, 0.3) is 0 Å². The highest BCUT2D eigenvalue weighted by atomic mass is 19.4. The summed E-state index contributed by atoms with van der Waals surface area (Å²) in [5.41, 5.74) is -0.0982. The van der Waals surface area contributed by atoms with Gasteiger partial charge in [0.1, 0.15) is 5.75 Å². The maximum Gasteiger partial charge on any atom is 0.419 e. The molecular weight excluding hydrogens is 267 g/mol. The number of halogens is 3. The number of unbranched alkanes of at least 4 members (excludes halogenated alkanes) is 3. The van der Waals surface area contributed by atoms with Gasteiger partial charge < -0.3 is 10.1 Å². The van der Waals surface area contributed by atoms with Gasteiger partial charge in [-0.05, 0) is 31.2 Å². The van der Waals surface area contributed by atoms with Crippen molar-refractivity contribution in [1.82, 2.24) is 5.32 Å². The zero-order valence-corrected chi connectivity index (χ0v) is 12.0. The number of nitrogens with one attached hydrogen (secondary N) is 1. The Kier molecular flexibility index (Phi) is 6.85. The first-order valence-corrected chi connectivity index (χ1v) is 6.96. The van der Waals surface area contributed by atoms with E-state index in [2.05, 4.69) is 12.2 Å². The average molecular weight is 289 g/mol. The van der Waals surface area contributed by atoms with Crippen LogP contribution in [0.25, 0.3) is 0 Å². The van der Waals surface area contributed by atoms with E-state index in [1.165, 1.54) is 6.07 Å². The van der Waals surface area contributed by atoms with Gasteiger partial charge in [-0.2, -0.15) is 13.2 Å². The Bertz CT molecular complexity index is 405. The minimum absolute atomic E-state index is 0.0751. The highest BCUT2D eigenvalue weighted by Crippen LogP contribution is 2.37. The van der Waals surface area contributed by atoms with Crippen molar-refractivity contribution >= 4 is 0 Å². The summed E-state index contributed by atoms with van der Waals surface area (Å²) in [5, 5.41) is 2.84. The molecule has 0 aromatic heterocycles. The maximum absolute atomic E-state index is 13.0. The Balaban J connectivity index is 2.73. The molecule has 5 heteroatoms.